The smallest absolute Gasteiger partial charge is 0.308 e. The molecule has 0 bridgehead atoms. The van der Waals surface area contributed by atoms with Gasteiger partial charge in [-0.3, -0.25) is 0 Å². The number of hydrogen-bond donors (Lipinski definition) is 0. The Kier molecular flexibility index (Phi) is 3.32. The first-order chi connectivity index (χ1) is 6.98. The zero-order valence-electron chi connectivity index (χ0n) is 8.03. The first-order valence-electron chi connectivity index (χ1n) is 4.17. The molecule has 5 heteroatoms. The second kappa shape index (κ2) is 4.32. The molecule has 0 aliphatic heterocycles. The van der Waals surface area contributed by atoms with E-state index in [1.807, 2.05) is 0 Å². The van der Waals surface area contributed by atoms with Gasteiger partial charge in [-0.1, -0.05) is 5.92 Å². The lowest BCUT2D eigenvalue weighted by atomic mass is 10.2. The second-order valence-corrected chi connectivity index (χ2v) is 4.58. The number of rotatable bonds is 3. The van der Waals surface area contributed by atoms with E-state index in [0.717, 1.165) is 6.07 Å². The molecule has 0 amide bonds. The SMILES string of the molecule is C#Cc1cc(OS(=O)(=O)CC)ccc1F. The van der Waals surface area contributed by atoms with Crippen molar-refractivity contribution >= 4 is 10.1 Å². The van der Waals surface area contributed by atoms with E-state index in [-0.39, 0.29) is 17.1 Å². The Morgan fingerprint density at radius 3 is 2.73 bits per heavy atom. The summed E-state index contributed by atoms with van der Waals surface area (Å²) >= 11 is 0. The van der Waals surface area contributed by atoms with E-state index in [1.54, 1.807) is 0 Å². The molecular formula is C10H9FO3S. The van der Waals surface area contributed by atoms with Crippen LogP contribution in [-0.4, -0.2) is 14.2 Å². The molecule has 0 aliphatic carbocycles. The zero-order chi connectivity index (χ0) is 11.5. The third-order valence-electron chi connectivity index (χ3n) is 1.67. The number of hydrogen-bond acceptors (Lipinski definition) is 3. The van der Waals surface area contributed by atoms with Gasteiger partial charge in [-0.15, -0.1) is 6.42 Å². The Hall–Kier alpha value is -1.54. The van der Waals surface area contributed by atoms with E-state index in [1.165, 1.54) is 19.1 Å². The molecule has 15 heavy (non-hydrogen) atoms. The lowest BCUT2D eigenvalue weighted by Crippen LogP contribution is -2.11. The first-order valence-corrected chi connectivity index (χ1v) is 5.74. The predicted molar refractivity (Wildman–Crippen MR) is 54.4 cm³/mol. The molecule has 0 fully saturated rings. The van der Waals surface area contributed by atoms with Gasteiger partial charge in [-0.2, -0.15) is 8.42 Å². The van der Waals surface area contributed by atoms with Crippen molar-refractivity contribution in [3.8, 4) is 18.1 Å². The van der Waals surface area contributed by atoms with E-state index in [4.69, 9.17) is 6.42 Å². The summed E-state index contributed by atoms with van der Waals surface area (Å²) < 4.78 is 39.8. The molecule has 0 saturated heterocycles. The molecule has 0 unspecified atom stereocenters. The van der Waals surface area contributed by atoms with Crippen molar-refractivity contribution in [1.29, 1.82) is 0 Å². The highest BCUT2D eigenvalue weighted by Crippen LogP contribution is 2.17. The van der Waals surface area contributed by atoms with Crippen LogP contribution in [0.25, 0.3) is 0 Å². The molecule has 0 heterocycles. The van der Waals surface area contributed by atoms with E-state index >= 15 is 0 Å². The summed E-state index contributed by atoms with van der Waals surface area (Å²) in [6, 6.07) is 3.45. The van der Waals surface area contributed by atoms with E-state index in [0.29, 0.717) is 0 Å². The first kappa shape index (κ1) is 11.5. The van der Waals surface area contributed by atoms with E-state index < -0.39 is 15.9 Å². The van der Waals surface area contributed by atoms with Crippen LogP contribution in [0.15, 0.2) is 18.2 Å². The van der Waals surface area contributed by atoms with Crippen LogP contribution in [0.3, 0.4) is 0 Å². The Labute approximate surface area is 88.0 Å². The van der Waals surface area contributed by atoms with Crippen molar-refractivity contribution < 1.29 is 17.0 Å². The summed E-state index contributed by atoms with van der Waals surface area (Å²) in [5.41, 5.74) is -0.0289. The number of benzene rings is 1. The molecule has 0 radical (unpaired) electrons. The van der Waals surface area contributed by atoms with Gasteiger partial charge in [0.2, 0.25) is 0 Å². The van der Waals surface area contributed by atoms with Gasteiger partial charge in [0.05, 0.1) is 11.3 Å². The third-order valence-corrected chi connectivity index (χ3v) is 2.82. The molecule has 1 aromatic rings. The third kappa shape index (κ3) is 2.96. The summed E-state index contributed by atoms with van der Waals surface area (Å²) in [6.07, 6.45) is 5.02. The summed E-state index contributed by atoms with van der Waals surface area (Å²) in [4.78, 5) is 0. The van der Waals surface area contributed by atoms with Crippen LogP contribution < -0.4 is 4.18 Å². The standard InChI is InChI=1S/C10H9FO3S/c1-3-8-7-9(5-6-10(8)11)14-15(12,13)4-2/h1,5-7H,4H2,2H3. The highest BCUT2D eigenvalue weighted by atomic mass is 32.2. The molecule has 0 N–H and O–H groups in total. The van der Waals surface area contributed by atoms with Crippen molar-refractivity contribution in [3.05, 3.63) is 29.6 Å². The number of halogens is 1. The Morgan fingerprint density at radius 2 is 2.20 bits per heavy atom. The molecule has 0 aliphatic rings. The molecular weight excluding hydrogens is 219 g/mol. The van der Waals surface area contributed by atoms with Crippen LogP contribution >= 0.6 is 0 Å². The molecule has 0 saturated carbocycles. The maximum absolute atomic E-state index is 12.9. The minimum absolute atomic E-state index is 0.0196. The monoisotopic (exact) mass is 228 g/mol. The summed E-state index contributed by atoms with van der Waals surface area (Å²) in [6.45, 7) is 1.45. The fourth-order valence-electron chi connectivity index (χ4n) is 0.872. The average molecular weight is 228 g/mol. The quantitative estimate of drug-likeness (QED) is 0.582. The van der Waals surface area contributed by atoms with Crippen LogP contribution in [0.2, 0.25) is 0 Å². The zero-order valence-corrected chi connectivity index (χ0v) is 8.84. The molecule has 80 valence electrons. The van der Waals surface area contributed by atoms with Crippen molar-refractivity contribution in [2.45, 2.75) is 6.92 Å². The number of terminal acetylenes is 1. The maximum atomic E-state index is 12.9. The fourth-order valence-corrected chi connectivity index (χ4v) is 1.39. The second-order valence-electron chi connectivity index (χ2n) is 2.72. The molecule has 0 spiro atoms. The van der Waals surface area contributed by atoms with Crippen LogP contribution in [0.1, 0.15) is 12.5 Å². The van der Waals surface area contributed by atoms with Crippen molar-refractivity contribution in [3.63, 3.8) is 0 Å². The molecule has 0 aromatic heterocycles. The van der Waals surface area contributed by atoms with Gasteiger partial charge >= 0.3 is 10.1 Å². The van der Waals surface area contributed by atoms with Gasteiger partial charge in [0.25, 0.3) is 0 Å². The van der Waals surface area contributed by atoms with Gasteiger partial charge in [-0.05, 0) is 19.1 Å². The summed E-state index contributed by atoms with van der Waals surface area (Å²) in [7, 11) is -3.60. The lowest BCUT2D eigenvalue weighted by Gasteiger charge is -2.05. The van der Waals surface area contributed by atoms with Crippen LogP contribution in [0, 0.1) is 18.2 Å². The highest BCUT2D eigenvalue weighted by Gasteiger charge is 2.10. The van der Waals surface area contributed by atoms with Crippen LogP contribution in [0.5, 0.6) is 5.75 Å². The van der Waals surface area contributed by atoms with Gasteiger partial charge in [-0.25, -0.2) is 4.39 Å². The van der Waals surface area contributed by atoms with Gasteiger partial charge in [0.1, 0.15) is 11.6 Å². The Balaban J connectivity index is 3.04. The fraction of sp³-hybridized carbons (Fsp3) is 0.200. The Morgan fingerprint density at radius 1 is 1.53 bits per heavy atom. The Bertz CT molecular complexity index is 500. The van der Waals surface area contributed by atoms with Crippen molar-refractivity contribution in [2.24, 2.45) is 0 Å². The normalized spacial score (nSPS) is 10.7. The van der Waals surface area contributed by atoms with Crippen molar-refractivity contribution in [2.75, 3.05) is 5.75 Å². The molecule has 3 nitrogen and oxygen atoms in total. The maximum Gasteiger partial charge on any atom is 0.308 e. The predicted octanol–water partition coefficient (Wildman–Crippen LogP) is 1.54. The molecule has 0 atom stereocenters. The highest BCUT2D eigenvalue weighted by molar-refractivity contribution is 7.87. The largest absolute Gasteiger partial charge is 0.382 e. The minimum atomic E-state index is -3.60. The molecule has 1 rings (SSSR count). The van der Waals surface area contributed by atoms with E-state index in [9.17, 15) is 12.8 Å². The minimum Gasteiger partial charge on any atom is -0.382 e. The summed E-state index contributed by atoms with van der Waals surface area (Å²) in [5, 5.41) is 0. The van der Waals surface area contributed by atoms with Gasteiger partial charge < -0.3 is 4.18 Å². The molecule has 1 aromatic carbocycles. The van der Waals surface area contributed by atoms with Gasteiger partial charge in [0, 0.05) is 6.07 Å². The van der Waals surface area contributed by atoms with Crippen LogP contribution in [-0.2, 0) is 10.1 Å². The summed E-state index contributed by atoms with van der Waals surface area (Å²) in [5.74, 6) is 1.37. The van der Waals surface area contributed by atoms with Crippen LogP contribution in [0.4, 0.5) is 4.39 Å². The van der Waals surface area contributed by atoms with Gasteiger partial charge in [0.15, 0.2) is 0 Å². The topological polar surface area (TPSA) is 43.4 Å². The average Bonchev–Trinajstić information content (AvgIpc) is 2.20. The van der Waals surface area contributed by atoms with E-state index in [2.05, 4.69) is 10.1 Å². The van der Waals surface area contributed by atoms with Crippen molar-refractivity contribution in [1.82, 2.24) is 0 Å². The lowest BCUT2D eigenvalue weighted by molar-refractivity contribution is 0.486.